The molecule has 0 atom stereocenters. The molecule has 10 heavy (non-hydrogen) atoms. The van der Waals surface area contributed by atoms with Crippen LogP contribution in [-0.2, 0) is 0 Å². The van der Waals surface area contributed by atoms with Crippen LogP contribution in [0, 0.1) is 5.92 Å². The fourth-order valence-electron chi connectivity index (χ4n) is 1.66. The Kier molecular flexibility index (Phi) is 2.02. The summed E-state index contributed by atoms with van der Waals surface area (Å²) >= 11 is 0. The van der Waals surface area contributed by atoms with Crippen molar-refractivity contribution in [3.63, 3.8) is 0 Å². The van der Waals surface area contributed by atoms with Crippen LogP contribution in [0.1, 0.15) is 20.3 Å². The zero-order valence-electron chi connectivity index (χ0n) is 7.09. The fraction of sp³-hybridized carbons (Fsp3) is 1.00. The molecule has 0 bridgehead atoms. The average molecular weight is 143 g/mol. The van der Waals surface area contributed by atoms with E-state index in [-0.39, 0.29) is 0 Å². The number of likely N-dealkylation sites (tertiary alicyclic amines) is 1. The van der Waals surface area contributed by atoms with E-state index < -0.39 is 5.60 Å². The van der Waals surface area contributed by atoms with E-state index >= 15 is 0 Å². The molecule has 0 aromatic heterocycles. The molecule has 0 radical (unpaired) electrons. The standard InChI is InChI=1S/C8H17NO/c1-8(2,10)4-7-5-9(3)6-7/h7,10H,4-6H2,1-3H3. The van der Waals surface area contributed by atoms with Crippen molar-refractivity contribution < 1.29 is 5.11 Å². The lowest BCUT2D eigenvalue weighted by Crippen LogP contribution is -2.46. The Balaban J connectivity index is 2.16. The lowest BCUT2D eigenvalue weighted by molar-refractivity contribution is 0.0128. The molecular weight excluding hydrogens is 126 g/mol. The van der Waals surface area contributed by atoms with Gasteiger partial charge in [0.2, 0.25) is 0 Å². The predicted octanol–water partition coefficient (Wildman–Crippen LogP) is 0.709. The van der Waals surface area contributed by atoms with Gasteiger partial charge in [0.05, 0.1) is 5.60 Å². The van der Waals surface area contributed by atoms with Crippen molar-refractivity contribution in [2.45, 2.75) is 25.9 Å². The van der Waals surface area contributed by atoms with Crippen LogP contribution in [0.2, 0.25) is 0 Å². The largest absolute Gasteiger partial charge is 0.390 e. The van der Waals surface area contributed by atoms with Crippen molar-refractivity contribution in [2.24, 2.45) is 5.92 Å². The van der Waals surface area contributed by atoms with Gasteiger partial charge in [-0.2, -0.15) is 0 Å². The first kappa shape index (κ1) is 8.02. The highest BCUT2D eigenvalue weighted by Gasteiger charge is 2.28. The van der Waals surface area contributed by atoms with Crippen molar-refractivity contribution >= 4 is 0 Å². The summed E-state index contributed by atoms with van der Waals surface area (Å²) in [5.41, 5.74) is -0.466. The molecule has 1 N–H and O–H groups in total. The molecular formula is C8H17NO. The maximum Gasteiger partial charge on any atom is 0.0595 e. The molecule has 60 valence electrons. The van der Waals surface area contributed by atoms with E-state index in [0.717, 1.165) is 25.4 Å². The molecule has 1 heterocycles. The third-order valence-corrected chi connectivity index (χ3v) is 1.93. The van der Waals surface area contributed by atoms with Crippen LogP contribution in [0.25, 0.3) is 0 Å². The summed E-state index contributed by atoms with van der Waals surface area (Å²) in [5.74, 6) is 0.727. The molecule has 2 heteroatoms. The van der Waals surface area contributed by atoms with Crippen LogP contribution in [0.3, 0.4) is 0 Å². The van der Waals surface area contributed by atoms with Crippen LogP contribution in [0.4, 0.5) is 0 Å². The van der Waals surface area contributed by atoms with Gasteiger partial charge in [-0.25, -0.2) is 0 Å². The highest BCUT2D eigenvalue weighted by molar-refractivity contribution is 4.82. The third-order valence-electron chi connectivity index (χ3n) is 1.93. The third kappa shape index (κ3) is 2.27. The Morgan fingerprint density at radius 1 is 1.50 bits per heavy atom. The van der Waals surface area contributed by atoms with Crippen molar-refractivity contribution in [3.05, 3.63) is 0 Å². The summed E-state index contributed by atoms with van der Waals surface area (Å²) in [6.45, 7) is 6.07. The summed E-state index contributed by atoms with van der Waals surface area (Å²) in [6, 6.07) is 0. The molecule has 0 aromatic carbocycles. The number of hydrogen-bond donors (Lipinski definition) is 1. The van der Waals surface area contributed by atoms with Crippen LogP contribution in [0.5, 0.6) is 0 Å². The second-order valence-corrected chi connectivity index (χ2v) is 4.10. The SMILES string of the molecule is CN1CC(CC(C)(C)O)C1. The first-order chi connectivity index (χ1) is 4.47. The van der Waals surface area contributed by atoms with E-state index in [1.165, 1.54) is 0 Å². The predicted molar refractivity (Wildman–Crippen MR) is 41.9 cm³/mol. The van der Waals surface area contributed by atoms with Crippen molar-refractivity contribution in [1.82, 2.24) is 4.90 Å². The highest BCUT2D eigenvalue weighted by atomic mass is 16.3. The molecule has 0 saturated carbocycles. The van der Waals surface area contributed by atoms with E-state index in [1.54, 1.807) is 0 Å². The van der Waals surface area contributed by atoms with E-state index in [0.29, 0.717) is 0 Å². The first-order valence-electron chi connectivity index (χ1n) is 3.88. The topological polar surface area (TPSA) is 23.5 Å². The normalized spacial score (nSPS) is 22.8. The Morgan fingerprint density at radius 2 is 2.00 bits per heavy atom. The van der Waals surface area contributed by atoms with Crippen LogP contribution < -0.4 is 0 Å². The van der Waals surface area contributed by atoms with Crippen molar-refractivity contribution in [3.8, 4) is 0 Å². The maximum atomic E-state index is 9.42. The average Bonchev–Trinajstić information content (AvgIpc) is 1.57. The number of nitrogens with zero attached hydrogens (tertiary/aromatic N) is 1. The molecule has 1 aliphatic rings. The second kappa shape index (κ2) is 2.51. The van der Waals surface area contributed by atoms with Gasteiger partial charge in [-0.05, 0) is 33.2 Å². The number of aliphatic hydroxyl groups is 1. The minimum Gasteiger partial charge on any atom is -0.390 e. The van der Waals surface area contributed by atoms with Gasteiger partial charge < -0.3 is 10.0 Å². The minimum atomic E-state index is -0.466. The lowest BCUT2D eigenvalue weighted by Gasteiger charge is -2.39. The Hall–Kier alpha value is -0.0800. The van der Waals surface area contributed by atoms with E-state index in [2.05, 4.69) is 11.9 Å². The van der Waals surface area contributed by atoms with Gasteiger partial charge in [-0.3, -0.25) is 0 Å². The summed E-state index contributed by atoms with van der Waals surface area (Å²) in [4.78, 5) is 2.27. The molecule has 1 aliphatic heterocycles. The molecule has 1 rings (SSSR count). The maximum absolute atomic E-state index is 9.42. The quantitative estimate of drug-likeness (QED) is 0.615. The first-order valence-corrected chi connectivity index (χ1v) is 3.88. The zero-order chi connectivity index (χ0) is 7.78. The van der Waals surface area contributed by atoms with Gasteiger partial charge in [-0.15, -0.1) is 0 Å². The number of rotatable bonds is 2. The molecule has 0 unspecified atom stereocenters. The Morgan fingerprint density at radius 3 is 2.30 bits per heavy atom. The zero-order valence-corrected chi connectivity index (χ0v) is 7.09. The summed E-state index contributed by atoms with van der Waals surface area (Å²) in [7, 11) is 2.11. The molecule has 2 nitrogen and oxygen atoms in total. The van der Waals surface area contributed by atoms with Gasteiger partial charge in [0, 0.05) is 13.1 Å². The van der Waals surface area contributed by atoms with Crippen LogP contribution in [0.15, 0.2) is 0 Å². The number of hydrogen-bond acceptors (Lipinski definition) is 2. The van der Waals surface area contributed by atoms with Gasteiger partial charge in [0.15, 0.2) is 0 Å². The summed E-state index contributed by atoms with van der Waals surface area (Å²) in [6.07, 6.45) is 0.942. The van der Waals surface area contributed by atoms with Gasteiger partial charge in [-0.1, -0.05) is 0 Å². The molecule has 0 amide bonds. The van der Waals surface area contributed by atoms with Gasteiger partial charge >= 0.3 is 0 Å². The van der Waals surface area contributed by atoms with Crippen LogP contribution in [-0.4, -0.2) is 35.7 Å². The minimum absolute atomic E-state index is 0.466. The van der Waals surface area contributed by atoms with Crippen LogP contribution >= 0.6 is 0 Å². The summed E-state index contributed by atoms with van der Waals surface area (Å²) in [5, 5.41) is 9.42. The Labute approximate surface area is 62.8 Å². The van der Waals surface area contributed by atoms with Gasteiger partial charge in [0.25, 0.3) is 0 Å². The highest BCUT2D eigenvalue weighted by Crippen LogP contribution is 2.23. The van der Waals surface area contributed by atoms with Crippen molar-refractivity contribution in [1.29, 1.82) is 0 Å². The smallest absolute Gasteiger partial charge is 0.0595 e. The lowest BCUT2D eigenvalue weighted by atomic mass is 9.88. The summed E-state index contributed by atoms with van der Waals surface area (Å²) < 4.78 is 0. The molecule has 1 saturated heterocycles. The van der Waals surface area contributed by atoms with E-state index in [9.17, 15) is 5.11 Å². The molecule has 0 aromatic rings. The Bertz CT molecular complexity index is 111. The van der Waals surface area contributed by atoms with E-state index in [4.69, 9.17) is 0 Å². The van der Waals surface area contributed by atoms with Gasteiger partial charge in [0.1, 0.15) is 0 Å². The van der Waals surface area contributed by atoms with E-state index in [1.807, 2.05) is 13.8 Å². The molecule has 0 aliphatic carbocycles. The monoisotopic (exact) mass is 143 g/mol. The fourth-order valence-corrected chi connectivity index (χ4v) is 1.66. The molecule has 0 spiro atoms. The second-order valence-electron chi connectivity index (χ2n) is 4.10. The van der Waals surface area contributed by atoms with Crippen molar-refractivity contribution in [2.75, 3.05) is 20.1 Å². The molecule has 1 fully saturated rings.